The van der Waals surface area contributed by atoms with Gasteiger partial charge in [0.25, 0.3) is 11.5 Å². The lowest BCUT2D eigenvalue weighted by Crippen LogP contribution is -2.50. The van der Waals surface area contributed by atoms with E-state index in [1.807, 2.05) is 11.0 Å². The number of fused-ring (bicyclic) bond motifs is 1. The number of aryl methyl sites for hydroxylation is 1. The Labute approximate surface area is 203 Å². The van der Waals surface area contributed by atoms with Gasteiger partial charge in [0.2, 0.25) is 5.95 Å². The van der Waals surface area contributed by atoms with E-state index in [0.717, 1.165) is 43.7 Å². The Morgan fingerprint density at radius 2 is 2.06 bits per heavy atom. The highest BCUT2D eigenvalue weighted by Gasteiger charge is 2.31. The highest BCUT2D eigenvalue weighted by molar-refractivity contribution is 5.92. The summed E-state index contributed by atoms with van der Waals surface area (Å²) in [5.41, 5.74) is 3.18. The van der Waals surface area contributed by atoms with Gasteiger partial charge in [-0.1, -0.05) is 0 Å². The number of amides is 1. The Kier molecular flexibility index (Phi) is 6.86. The third-order valence-corrected chi connectivity index (χ3v) is 7.31. The van der Waals surface area contributed by atoms with Gasteiger partial charge in [-0.25, -0.2) is 4.98 Å². The van der Waals surface area contributed by atoms with Crippen LogP contribution in [0.2, 0.25) is 0 Å². The molecule has 0 spiro atoms. The molecule has 0 aromatic carbocycles. The number of H-pyrrole nitrogens is 1. The Hall–Kier alpha value is -2.82. The lowest BCUT2D eigenvalue weighted by atomic mass is 9.89. The van der Waals surface area contributed by atoms with Crippen LogP contribution in [0.25, 0.3) is 0 Å². The molecule has 1 aliphatic carbocycles. The molecule has 5 rings (SSSR count). The van der Waals surface area contributed by atoms with Crippen LogP contribution in [0.1, 0.15) is 40.2 Å². The number of hydrogen-bond donors (Lipinski definition) is 2. The number of hydrogen-bond acceptors (Lipinski definition) is 7. The smallest absolute Gasteiger partial charge is 0.270 e. The number of pyridine rings is 2. The zero-order valence-electron chi connectivity index (χ0n) is 20.2. The van der Waals surface area contributed by atoms with Crippen LogP contribution in [0.5, 0.6) is 0 Å². The van der Waals surface area contributed by atoms with Crippen molar-refractivity contribution in [3.05, 3.63) is 57.0 Å². The van der Waals surface area contributed by atoms with Gasteiger partial charge >= 0.3 is 0 Å². The number of aromatic nitrogens is 2. The van der Waals surface area contributed by atoms with Gasteiger partial charge in [0.1, 0.15) is 5.69 Å². The van der Waals surface area contributed by atoms with Gasteiger partial charge in [-0.2, -0.15) is 4.39 Å². The van der Waals surface area contributed by atoms with E-state index in [-0.39, 0.29) is 35.4 Å². The average Bonchev–Trinajstić information content (AvgIpc) is 2.82. The molecule has 1 amide bonds. The van der Waals surface area contributed by atoms with Crippen molar-refractivity contribution in [3.63, 3.8) is 0 Å². The zero-order chi connectivity index (χ0) is 24.5. The van der Waals surface area contributed by atoms with E-state index in [1.165, 1.54) is 0 Å². The minimum absolute atomic E-state index is 0.0124. The van der Waals surface area contributed by atoms with Crippen molar-refractivity contribution in [1.29, 1.82) is 0 Å². The molecule has 35 heavy (non-hydrogen) atoms. The Bertz CT molecular complexity index is 1140. The normalized spacial score (nSPS) is 24.5. The SMILES string of the molecule is COC1CC(NC(=O)c2ccc(N3CCN(CC4Cc5[nH]c(=O)c(C)cc5CO4)CC3)c(F)n2)C1. The second-order valence-corrected chi connectivity index (χ2v) is 9.72. The van der Waals surface area contributed by atoms with Gasteiger partial charge in [-0.3, -0.25) is 14.5 Å². The number of methoxy groups -OCH3 is 1. The molecule has 2 aromatic heterocycles. The fourth-order valence-electron chi connectivity index (χ4n) is 5.04. The van der Waals surface area contributed by atoms with Crippen molar-refractivity contribution in [3.8, 4) is 0 Å². The molecule has 1 atom stereocenters. The first-order valence-corrected chi connectivity index (χ1v) is 12.2. The summed E-state index contributed by atoms with van der Waals surface area (Å²) >= 11 is 0. The van der Waals surface area contributed by atoms with Crippen LogP contribution >= 0.6 is 0 Å². The Morgan fingerprint density at radius 3 is 2.77 bits per heavy atom. The molecule has 1 saturated heterocycles. The molecule has 4 heterocycles. The molecule has 2 aromatic rings. The van der Waals surface area contributed by atoms with E-state index in [1.54, 1.807) is 26.2 Å². The molecule has 0 radical (unpaired) electrons. The maximum Gasteiger partial charge on any atom is 0.270 e. The fraction of sp³-hybridized carbons (Fsp3) is 0.560. The third-order valence-electron chi connectivity index (χ3n) is 7.31. The average molecular weight is 486 g/mol. The molecule has 1 unspecified atom stereocenters. The van der Waals surface area contributed by atoms with Crippen LogP contribution in [-0.2, 0) is 22.5 Å². The van der Waals surface area contributed by atoms with E-state index in [9.17, 15) is 14.0 Å². The maximum atomic E-state index is 14.8. The Balaban J connectivity index is 1.12. The number of rotatable bonds is 6. The number of anilines is 1. The highest BCUT2D eigenvalue weighted by Crippen LogP contribution is 2.24. The fourth-order valence-corrected chi connectivity index (χ4v) is 5.04. The molecule has 9 nitrogen and oxygen atoms in total. The van der Waals surface area contributed by atoms with Gasteiger partial charge < -0.3 is 24.7 Å². The number of aromatic amines is 1. The summed E-state index contributed by atoms with van der Waals surface area (Å²) in [6.07, 6.45) is 2.41. The van der Waals surface area contributed by atoms with Gasteiger partial charge in [-0.15, -0.1) is 0 Å². The standard InChI is InChI=1S/C25H32FN5O4/c1-15-9-16-14-35-19(12-21(16)29-24(15)32)13-30-5-7-31(8-6-30)22-4-3-20(28-23(22)26)25(33)27-17-10-18(11-17)34-2/h3-4,9,17-19H,5-8,10-14H2,1-2H3,(H,27,33)(H,29,32). The van der Waals surface area contributed by atoms with Crippen molar-refractivity contribution in [2.45, 2.75) is 51.0 Å². The van der Waals surface area contributed by atoms with Gasteiger partial charge in [0, 0.05) is 63.6 Å². The second kappa shape index (κ2) is 10.0. The summed E-state index contributed by atoms with van der Waals surface area (Å²) in [7, 11) is 1.66. The van der Waals surface area contributed by atoms with Gasteiger partial charge in [0.15, 0.2) is 0 Å². The molecule has 188 valence electrons. The van der Waals surface area contributed by atoms with E-state index in [0.29, 0.717) is 37.4 Å². The van der Waals surface area contributed by atoms with Crippen LogP contribution in [-0.4, -0.2) is 78.9 Å². The minimum atomic E-state index is -0.624. The largest absolute Gasteiger partial charge is 0.381 e. The van der Waals surface area contributed by atoms with Crippen molar-refractivity contribution in [2.24, 2.45) is 0 Å². The van der Waals surface area contributed by atoms with Crippen molar-refractivity contribution >= 4 is 11.6 Å². The third kappa shape index (κ3) is 5.24. The number of carbonyl (C=O) groups excluding carboxylic acids is 1. The summed E-state index contributed by atoms with van der Waals surface area (Å²) in [5.74, 6) is -0.980. The van der Waals surface area contributed by atoms with Crippen molar-refractivity contribution in [2.75, 3.05) is 44.7 Å². The number of carbonyl (C=O) groups is 1. The van der Waals surface area contributed by atoms with Crippen LogP contribution in [0, 0.1) is 12.9 Å². The highest BCUT2D eigenvalue weighted by atomic mass is 19.1. The van der Waals surface area contributed by atoms with Crippen molar-refractivity contribution < 1.29 is 18.7 Å². The molecule has 2 N–H and O–H groups in total. The summed E-state index contributed by atoms with van der Waals surface area (Å²) in [6.45, 7) is 5.91. The predicted molar refractivity (Wildman–Crippen MR) is 128 cm³/mol. The number of nitrogens with one attached hydrogen (secondary N) is 2. The lowest BCUT2D eigenvalue weighted by Gasteiger charge is -2.38. The second-order valence-electron chi connectivity index (χ2n) is 9.72. The predicted octanol–water partition coefficient (Wildman–Crippen LogP) is 1.39. The molecular formula is C25H32FN5O4. The minimum Gasteiger partial charge on any atom is -0.381 e. The summed E-state index contributed by atoms with van der Waals surface area (Å²) in [5, 5.41) is 2.88. The molecule has 3 aliphatic rings. The zero-order valence-corrected chi connectivity index (χ0v) is 20.2. The van der Waals surface area contributed by atoms with Gasteiger partial charge in [-0.05, 0) is 43.5 Å². The number of halogens is 1. The van der Waals surface area contributed by atoms with Gasteiger partial charge in [0.05, 0.1) is 24.5 Å². The molecule has 1 saturated carbocycles. The monoisotopic (exact) mass is 485 g/mol. The maximum absolute atomic E-state index is 14.8. The first-order chi connectivity index (χ1) is 16.9. The van der Waals surface area contributed by atoms with E-state index in [2.05, 4.69) is 20.2 Å². The molecule has 2 fully saturated rings. The molecular weight excluding hydrogens is 453 g/mol. The summed E-state index contributed by atoms with van der Waals surface area (Å²) < 4.78 is 26.1. The molecule has 2 aliphatic heterocycles. The van der Waals surface area contributed by atoms with Crippen molar-refractivity contribution in [1.82, 2.24) is 20.2 Å². The number of piperazine rings is 1. The first-order valence-electron chi connectivity index (χ1n) is 12.2. The van der Waals surface area contributed by atoms with E-state index >= 15 is 0 Å². The number of nitrogens with zero attached hydrogens (tertiary/aromatic N) is 3. The van der Waals surface area contributed by atoms with Crippen LogP contribution in [0.15, 0.2) is 23.0 Å². The lowest BCUT2D eigenvalue weighted by molar-refractivity contribution is 0.00272. The molecule has 0 bridgehead atoms. The van der Waals surface area contributed by atoms with E-state index in [4.69, 9.17) is 9.47 Å². The topological polar surface area (TPSA) is 99.8 Å². The van der Waals surface area contributed by atoms with Crippen LogP contribution < -0.4 is 15.8 Å². The Morgan fingerprint density at radius 1 is 1.29 bits per heavy atom. The number of ether oxygens (including phenoxy) is 2. The summed E-state index contributed by atoms with van der Waals surface area (Å²) in [4.78, 5) is 35.5. The van der Waals surface area contributed by atoms with E-state index < -0.39 is 5.95 Å². The first kappa shape index (κ1) is 23.9. The molecule has 10 heteroatoms. The van der Waals surface area contributed by atoms with Crippen LogP contribution in [0.3, 0.4) is 0 Å². The van der Waals surface area contributed by atoms with Crippen LogP contribution in [0.4, 0.5) is 10.1 Å². The summed E-state index contributed by atoms with van der Waals surface area (Å²) in [6, 6.07) is 5.19. The quantitative estimate of drug-likeness (QED) is 0.597.